The van der Waals surface area contributed by atoms with E-state index in [-0.39, 0.29) is 23.0 Å². The molecule has 2 aromatic rings. The Labute approximate surface area is 170 Å². The Bertz CT molecular complexity index is 941. The van der Waals surface area contributed by atoms with Crippen molar-refractivity contribution in [2.45, 2.75) is 24.0 Å². The lowest BCUT2D eigenvalue weighted by atomic mass is 9.96. The maximum absolute atomic E-state index is 12.9. The zero-order chi connectivity index (χ0) is 20.3. The average molecular weight is 416 g/mol. The molecule has 2 heterocycles. The largest absolute Gasteiger partial charge is 0.350 e. The molecule has 0 spiro atoms. The van der Waals surface area contributed by atoms with Crippen LogP contribution in [0.15, 0.2) is 59.5 Å². The Morgan fingerprint density at radius 3 is 2.38 bits per heavy atom. The van der Waals surface area contributed by atoms with Crippen LogP contribution in [0.5, 0.6) is 0 Å². The summed E-state index contributed by atoms with van der Waals surface area (Å²) in [7, 11) is -3.66. The normalized spacial score (nSPS) is 20.6. The summed E-state index contributed by atoms with van der Waals surface area (Å²) in [5.41, 5.74) is 0.941. The third kappa shape index (κ3) is 4.60. The number of likely N-dealkylation sites (tertiary alicyclic amines) is 1. The van der Waals surface area contributed by atoms with Gasteiger partial charge in [-0.2, -0.15) is 0 Å². The number of anilines is 1. The van der Waals surface area contributed by atoms with Crippen molar-refractivity contribution in [1.82, 2.24) is 4.90 Å². The lowest BCUT2D eigenvalue weighted by Gasteiger charge is -2.34. The number of rotatable bonds is 5. The van der Waals surface area contributed by atoms with Gasteiger partial charge >= 0.3 is 0 Å². The highest BCUT2D eigenvalue weighted by atomic mass is 32.2. The highest BCUT2D eigenvalue weighted by molar-refractivity contribution is 7.92. The van der Waals surface area contributed by atoms with Crippen molar-refractivity contribution in [3.05, 3.63) is 60.2 Å². The number of hydrogen-bond acceptors (Lipinski definition) is 5. The minimum absolute atomic E-state index is 0.0647. The molecule has 2 saturated heterocycles. The van der Waals surface area contributed by atoms with Gasteiger partial charge in [-0.15, -0.1) is 0 Å². The maximum atomic E-state index is 12.9. The molecule has 1 N–H and O–H groups in total. The second-order valence-electron chi connectivity index (χ2n) is 7.26. The number of nitrogens with one attached hydrogen (secondary N) is 1. The van der Waals surface area contributed by atoms with Gasteiger partial charge in [-0.05, 0) is 49.2 Å². The van der Waals surface area contributed by atoms with E-state index >= 15 is 0 Å². The molecule has 29 heavy (non-hydrogen) atoms. The van der Waals surface area contributed by atoms with Gasteiger partial charge in [0.05, 0.1) is 18.1 Å². The van der Waals surface area contributed by atoms with Crippen molar-refractivity contribution in [3.63, 3.8) is 0 Å². The second kappa shape index (κ2) is 8.52. The number of carbonyl (C=O) groups excluding carboxylic acids is 1. The minimum atomic E-state index is -3.66. The summed E-state index contributed by atoms with van der Waals surface area (Å²) in [4.78, 5) is 14.9. The Hall–Kier alpha value is -2.42. The zero-order valence-corrected chi connectivity index (χ0v) is 16.8. The molecule has 0 bridgehead atoms. The highest BCUT2D eigenvalue weighted by Crippen LogP contribution is 2.26. The van der Waals surface area contributed by atoms with E-state index < -0.39 is 10.0 Å². The van der Waals surface area contributed by atoms with E-state index in [1.165, 1.54) is 12.1 Å². The Kier molecular flexibility index (Phi) is 5.84. The summed E-state index contributed by atoms with van der Waals surface area (Å²) >= 11 is 0. The number of nitrogens with zero attached hydrogens (tertiary/aromatic N) is 1. The van der Waals surface area contributed by atoms with E-state index in [4.69, 9.17) is 9.47 Å². The second-order valence-corrected chi connectivity index (χ2v) is 8.94. The molecule has 2 fully saturated rings. The molecule has 0 radical (unpaired) electrons. The molecule has 0 aliphatic carbocycles. The number of carbonyl (C=O) groups is 1. The molecule has 1 unspecified atom stereocenters. The molecule has 154 valence electrons. The van der Waals surface area contributed by atoms with E-state index in [0.717, 1.165) is 12.8 Å². The number of piperidine rings is 1. The molecule has 7 nitrogen and oxygen atoms in total. The van der Waals surface area contributed by atoms with Gasteiger partial charge in [0.1, 0.15) is 0 Å². The molecule has 2 aromatic carbocycles. The molecule has 4 rings (SSSR count). The minimum Gasteiger partial charge on any atom is -0.350 e. The Morgan fingerprint density at radius 1 is 1.00 bits per heavy atom. The monoisotopic (exact) mass is 416 g/mol. The summed E-state index contributed by atoms with van der Waals surface area (Å²) in [6, 6.07) is 14.7. The van der Waals surface area contributed by atoms with Crippen molar-refractivity contribution in [2.24, 2.45) is 5.92 Å². The quantitative estimate of drug-likeness (QED) is 0.810. The fraction of sp³-hybridized carbons (Fsp3) is 0.381. The smallest absolute Gasteiger partial charge is 0.261 e. The van der Waals surface area contributed by atoms with E-state index in [9.17, 15) is 13.2 Å². The van der Waals surface area contributed by atoms with E-state index in [1.807, 2.05) is 4.90 Å². The summed E-state index contributed by atoms with van der Waals surface area (Å²) in [6.45, 7) is 2.52. The fourth-order valence-electron chi connectivity index (χ4n) is 3.74. The van der Waals surface area contributed by atoms with Gasteiger partial charge in [-0.3, -0.25) is 9.52 Å². The van der Waals surface area contributed by atoms with Crippen molar-refractivity contribution < 1.29 is 22.7 Å². The van der Waals surface area contributed by atoms with Gasteiger partial charge in [0.2, 0.25) is 0 Å². The molecule has 1 amide bonds. The van der Waals surface area contributed by atoms with Crippen LogP contribution in [0.4, 0.5) is 5.69 Å². The summed E-state index contributed by atoms with van der Waals surface area (Å²) in [5.74, 6) is 0.123. The van der Waals surface area contributed by atoms with E-state index in [2.05, 4.69) is 4.72 Å². The predicted octanol–water partition coefficient (Wildman–Crippen LogP) is 2.71. The number of sulfonamides is 1. The number of benzene rings is 2. The van der Waals surface area contributed by atoms with Crippen LogP contribution in [0, 0.1) is 5.92 Å². The van der Waals surface area contributed by atoms with Crippen LogP contribution in [0.1, 0.15) is 23.2 Å². The maximum Gasteiger partial charge on any atom is 0.261 e. The average Bonchev–Trinajstić information content (AvgIpc) is 3.29. The summed E-state index contributed by atoms with van der Waals surface area (Å²) < 4.78 is 38.6. The topological polar surface area (TPSA) is 84.9 Å². The molecule has 0 aromatic heterocycles. The van der Waals surface area contributed by atoms with Crippen molar-refractivity contribution in [3.8, 4) is 0 Å². The molecule has 8 heteroatoms. The Morgan fingerprint density at radius 2 is 1.69 bits per heavy atom. The first-order chi connectivity index (χ1) is 14.0. The number of amides is 1. The van der Waals surface area contributed by atoms with Crippen molar-refractivity contribution in [2.75, 3.05) is 31.0 Å². The zero-order valence-electron chi connectivity index (χ0n) is 16.0. The summed E-state index contributed by atoms with van der Waals surface area (Å²) in [5, 5.41) is 0. The predicted molar refractivity (Wildman–Crippen MR) is 108 cm³/mol. The number of hydrogen-bond donors (Lipinski definition) is 1. The van der Waals surface area contributed by atoms with Gasteiger partial charge in [0.25, 0.3) is 15.9 Å². The third-order valence-electron chi connectivity index (χ3n) is 5.22. The Balaban J connectivity index is 1.41. The number of ether oxygens (including phenoxy) is 2. The first-order valence-electron chi connectivity index (χ1n) is 9.73. The van der Waals surface area contributed by atoms with Crippen LogP contribution in [-0.4, -0.2) is 51.8 Å². The van der Waals surface area contributed by atoms with Gasteiger partial charge in [-0.25, -0.2) is 8.42 Å². The van der Waals surface area contributed by atoms with Crippen LogP contribution in [0.25, 0.3) is 0 Å². The van der Waals surface area contributed by atoms with Crippen LogP contribution >= 0.6 is 0 Å². The highest BCUT2D eigenvalue weighted by Gasteiger charge is 2.33. The van der Waals surface area contributed by atoms with E-state index in [0.29, 0.717) is 37.6 Å². The lowest BCUT2D eigenvalue weighted by molar-refractivity contribution is -0.0969. The third-order valence-corrected chi connectivity index (χ3v) is 6.61. The van der Waals surface area contributed by atoms with Gasteiger partial charge < -0.3 is 14.4 Å². The van der Waals surface area contributed by atoms with Gasteiger partial charge in [0.15, 0.2) is 6.29 Å². The van der Waals surface area contributed by atoms with Crippen molar-refractivity contribution in [1.29, 1.82) is 0 Å². The fourth-order valence-corrected chi connectivity index (χ4v) is 4.82. The lowest BCUT2D eigenvalue weighted by Crippen LogP contribution is -2.43. The van der Waals surface area contributed by atoms with Crippen LogP contribution in [-0.2, 0) is 19.5 Å². The molecule has 2 aliphatic rings. The van der Waals surface area contributed by atoms with Crippen LogP contribution in [0.3, 0.4) is 0 Å². The van der Waals surface area contributed by atoms with Crippen molar-refractivity contribution >= 4 is 21.6 Å². The molecule has 1 atom stereocenters. The van der Waals surface area contributed by atoms with Gasteiger partial charge in [0, 0.05) is 30.3 Å². The molecule has 2 aliphatic heterocycles. The van der Waals surface area contributed by atoms with Crippen LogP contribution < -0.4 is 4.72 Å². The van der Waals surface area contributed by atoms with Crippen LogP contribution in [0.2, 0.25) is 0 Å². The summed E-state index contributed by atoms with van der Waals surface area (Å²) in [6.07, 6.45) is 1.67. The first kappa shape index (κ1) is 19.9. The standard InChI is InChI=1S/C21H24N2O5S/c24-20(23-12-4-5-17(15-23)21-27-13-14-28-21)16-8-10-18(11-9-16)22-29(25,26)19-6-2-1-3-7-19/h1-3,6-11,17,21-22H,4-5,12-15H2. The molecular weight excluding hydrogens is 392 g/mol. The van der Waals surface area contributed by atoms with Gasteiger partial charge in [-0.1, -0.05) is 18.2 Å². The molecular formula is C21H24N2O5S. The molecule has 0 saturated carbocycles. The SMILES string of the molecule is O=C(c1ccc(NS(=O)(=O)c2ccccc2)cc1)N1CCCC(C2OCCO2)C1. The first-order valence-corrected chi connectivity index (χ1v) is 11.2. The van der Waals surface area contributed by atoms with E-state index in [1.54, 1.807) is 42.5 Å².